The van der Waals surface area contributed by atoms with E-state index in [-0.39, 0.29) is 12.4 Å². The third-order valence-electron chi connectivity index (χ3n) is 3.98. The number of nitrogens with zero attached hydrogens (tertiary/aromatic N) is 1. The summed E-state index contributed by atoms with van der Waals surface area (Å²) in [5.74, 6) is -0.784. The molecule has 0 aliphatic carbocycles. The summed E-state index contributed by atoms with van der Waals surface area (Å²) in [4.78, 5) is 11.2. The lowest BCUT2D eigenvalue weighted by Crippen LogP contribution is -2.52. The van der Waals surface area contributed by atoms with E-state index >= 15 is 0 Å². The zero-order chi connectivity index (χ0) is 17.8. The van der Waals surface area contributed by atoms with Gasteiger partial charge in [0.05, 0.1) is 29.8 Å². The molecule has 0 aromatic heterocycles. The first-order valence-corrected chi connectivity index (χ1v) is 9.94. The predicted molar refractivity (Wildman–Crippen MR) is 89.9 cm³/mol. The molecule has 0 saturated carbocycles. The van der Waals surface area contributed by atoms with Crippen LogP contribution >= 0.6 is 0 Å². The Bertz CT molecular complexity index is 439. The van der Waals surface area contributed by atoms with Crippen LogP contribution in [0.2, 0.25) is 0 Å². The van der Waals surface area contributed by atoms with Crippen LogP contribution in [0.1, 0.15) is 46.0 Å². The van der Waals surface area contributed by atoms with Crippen molar-refractivity contribution in [2.75, 3.05) is 38.5 Å². The first-order chi connectivity index (χ1) is 10.8. The fourth-order valence-corrected chi connectivity index (χ4v) is 3.12. The van der Waals surface area contributed by atoms with Crippen LogP contribution in [0, 0.1) is 0 Å². The summed E-state index contributed by atoms with van der Waals surface area (Å²) in [7, 11) is -4.18. The van der Waals surface area contributed by atoms with E-state index in [1.807, 2.05) is 0 Å². The van der Waals surface area contributed by atoms with Gasteiger partial charge in [0.25, 0.3) is 0 Å². The third kappa shape index (κ3) is 11.3. The largest absolute Gasteiger partial charge is 0.748 e. The number of hydrogen-bond acceptors (Lipinski definition) is 5. The van der Waals surface area contributed by atoms with E-state index < -0.39 is 16.1 Å². The van der Waals surface area contributed by atoms with Gasteiger partial charge >= 0.3 is 5.97 Å². The molecule has 23 heavy (non-hydrogen) atoms. The maximum Gasteiger partial charge on any atom is 0.330 e. The Morgan fingerprint density at radius 1 is 1.09 bits per heavy atom. The molecule has 0 aliphatic rings. The van der Waals surface area contributed by atoms with Gasteiger partial charge in [-0.1, -0.05) is 33.3 Å². The second-order valence-electron chi connectivity index (χ2n) is 5.93. The molecule has 136 valence electrons. The Kier molecular flexibility index (Phi) is 11.1. The van der Waals surface area contributed by atoms with E-state index in [1.54, 1.807) is 0 Å². The Hall–Kier alpha value is -0.920. The second kappa shape index (κ2) is 11.6. The summed E-state index contributed by atoms with van der Waals surface area (Å²) < 4.78 is 38.3. The Morgan fingerprint density at radius 2 is 1.61 bits per heavy atom. The average molecular weight is 349 g/mol. The van der Waals surface area contributed by atoms with Crippen LogP contribution in [-0.2, 0) is 19.6 Å². The van der Waals surface area contributed by atoms with Crippen molar-refractivity contribution in [3.8, 4) is 0 Å². The lowest BCUT2D eigenvalue weighted by molar-refractivity contribution is -0.928. The molecule has 6 nitrogen and oxygen atoms in total. The van der Waals surface area contributed by atoms with Crippen LogP contribution in [0.5, 0.6) is 0 Å². The number of carbonyl (C=O) groups excluding carboxylic acids is 1. The minimum absolute atomic E-state index is 0.280. The topological polar surface area (TPSA) is 83.5 Å². The zero-order valence-corrected chi connectivity index (χ0v) is 15.3. The van der Waals surface area contributed by atoms with Crippen molar-refractivity contribution in [3.05, 3.63) is 12.7 Å². The summed E-state index contributed by atoms with van der Waals surface area (Å²) in [6.45, 7) is 10.9. The maximum atomic E-state index is 11.2. The van der Waals surface area contributed by atoms with E-state index in [1.165, 1.54) is 0 Å². The highest BCUT2D eigenvalue weighted by Crippen LogP contribution is 2.14. The van der Waals surface area contributed by atoms with Gasteiger partial charge in [-0.3, -0.25) is 0 Å². The summed E-state index contributed by atoms with van der Waals surface area (Å²) >= 11 is 0. The molecule has 0 aliphatic heterocycles. The number of unbranched alkanes of at least 4 members (excludes halogenated alkanes) is 2. The number of quaternary nitrogens is 1. The molecule has 7 heteroatoms. The average Bonchev–Trinajstić information content (AvgIpc) is 2.49. The van der Waals surface area contributed by atoms with Crippen LogP contribution in [-0.4, -0.2) is 62.0 Å². The molecule has 0 radical (unpaired) electrons. The standard InChI is InChI=1S/C16H31NO5S/c1-4-7-10-17(11-8-5-2,12-9-15-23(19,20)21)13-14-22-16(18)6-3/h6H,3-5,7-15H2,1-2H3. The number of esters is 1. The van der Waals surface area contributed by atoms with Crippen LogP contribution in [0.15, 0.2) is 12.7 Å². The van der Waals surface area contributed by atoms with Crippen LogP contribution in [0.4, 0.5) is 0 Å². The molecule has 0 spiro atoms. The van der Waals surface area contributed by atoms with Crippen LogP contribution in [0.3, 0.4) is 0 Å². The highest BCUT2D eigenvalue weighted by Gasteiger charge is 2.26. The second-order valence-corrected chi connectivity index (χ2v) is 7.45. The van der Waals surface area contributed by atoms with Gasteiger partial charge in [0.2, 0.25) is 0 Å². The van der Waals surface area contributed by atoms with E-state index in [0.717, 1.165) is 44.8 Å². The van der Waals surface area contributed by atoms with Crippen molar-refractivity contribution >= 4 is 16.1 Å². The summed E-state index contributed by atoms with van der Waals surface area (Å²) in [6.07, 6.45) is 5.59. The quantitative estimate of drug-likeness (QED) is 0.207. The molecule has 0 saturated heterocycles. The third-order valence-corrected chi connectivity index (χ3v) is 4.76. The van der Waals surface area contributed by atoms with Gasteiger partial charge in [0.1, 0.15) is 13.2 Å². The van der Waals surface area contributed by atoms with Crippen molar-refractivity contribution in [1.29, 1.82) is 0 Å². The number of hydrogen-bond donors (Lipinski definition) is 0. The van der Waals surface area contributed by atoms with E-state index in [4.69, 9.17) is 4.74 Å². The van der Waals surface area contributed by atoms with Gasteiger partial charge in [-0.05, 0) is 12.8 Å². The van der Waals surface area contributed by atoms with Crippen molar-refractivity contribution in [3.63, 3.8) is 0 Å². The van der Waals surface area contributed by atoms with Crippen molar-refractivity contribution in [1.82, 2.24) is 0 Å². The lowest BCUT2D eigenvalue weighted by atomic mass is 10.2. The van der Waals surface area contributed by atoms with E-state index in [0.29, 0.717) is 24.0 Å². The first-order valence-electron chi connectivity index (χ1n) is 8.36. The van der Waals surface area contributed by atoms with Crippen molar-refractivity contribution in [2.45, 2.75) is 46.0 Å². The summed E-state index contributed by atoms with van der Waals surface area (Å²) in [5.41, 5.74) is 0. The molecule has 0 bridgehead atoms. The smallest absolute Gasteiger partial charge is 0.330 e. The fourth-order valence-electron chi connectivity index (χ4n) is 2.63. The van der Waals surface area contributed by atoms with Gasteiger partial charge in [-0.15, -0.1) is 0 Å². The maximum absolute atomic E-state index is 11.2. The molecular formula is C16H31NO5S. The molecule has 0 fully saturated rings. The molecule has 0 rings (SSSR count). The lowest BCUT2D eigenvalue weighted by Gasteiger charge is -2.39. The highest BCUT2D eigenvalue weighted by molar-refractivity contribution is 7.85. The molecule has 0 amide bonds. The Morgan fingerprint density at radius 3 is 2.04 bits per heavy atom. The molecule has 0 atom stereocenters. The molecule has 0 aromatic carbocycles. The van der Waals surface area contributed by atoms with Gasteiger partial charge in [0.15, 0.2) is 0 Å². The summed E-state index contributed by atoms with van der Waals surface area (Å²) in [5, 5.41) is 0. The monoisotopic (exact) mass is 349 g/mol. The zero-order valence-electron chi connectivity index (χ0n) is 14.5. The fraction of sp³-hybridized carbons (Fsp3) is 0.812. The number of ether oxygens (including phenoxy) is 1. The Balaban J connectivity index is 4.83. The number of carbonyl (C=O) groups is 1. The van der Waals surface area contributed by atoms with Crippen LogP contribution in [0.25, 0.3) is 0 Å². The van der Waals surface area contributed by atoms with Crippen molar-refractivity contribution < 1.29 is 27.0 Å². The minimum atomic E-state index is -4.18. The van der Waals surface area contributed by atoms with Crippen LogP contribution < -0.4 is 0 Å². The normalized spacial score (nSPS) is 12.1. The summed E-state index contributed by atoms with van der Waals surface area (Å²) in [6, 6.07) is 0. The van der Waals surface area contributed by atoms with Gasteiger partial charge in [-0.2, -0.15) is 0 Å². The first kappa shape index (κ1) is 22.1. The molecule has 0 unspecified atom stereocenters. The van der Waals surface area contributed by atoms with Gasteiger partial charge in [0, 0.05) is 18.2 Å². The molecule has 0 aromatic rings. The van der Waals surface area contributed by atoms with E-state index in [2.05, 4.69) is 20.4 Å². The molecule has 0 heterocycles. The van der Waals surface area contributed by atoms with E-state index in [9.17, 15) is 17.8 Å². The van der Waals surface area contributed by atoms with Crippen molar-refractivity contribution in [2.24, 2.45) is 0 Å². The molecule has 0 N–H and O–H groups in total. The predicted octanol–water partition coefficient (Wildman–Crippen LogP) is 2.07. The minimum Gasteiger partial charge on any atom is -0.748 e. The van der Waals surface area contributed by atoms with Gasteiger partial charge in [-0.25, -0.2) is 13.2 Å². The SMILES string of the molecule is C=CC(=O)OCC[N+](CCCC)(CCCC)CCCS(=O)(=O)[O-]. The highest BCUT2D eigenvalue weighted by atomic mass is 32.2. The molecular weight excluding hydrogens is 318 g/mol. The van der Waals surface area contributed by atoms with Gasteiger partial charge < -0.3 is 13.8 Å². The Labute approximate surface area is 140 Å². The number of rotatable bonds is 14.